The third-order valence-electron chi connectivity index (χ3n) is 3.15. The fourth-order valence-electron chi connectivity index (χ4n) is 1.84. The van der Waals surface area contributed by atoms with Crippen molar-refractivity contribution in [2.45, 2.75) is 32.2 Å². The van der Waals surface area contributed by atoms with E-state index in [0.717, 1.165) is 31.5 Å². The van der Waals surface area contributed by atoms with E-state index >= 15 is 0 Å². The number of hydrogen-bond donors (Lipinski definition) is 2. The lowest BCUT2D eigenvalue weighted by atomic mass is 10.1. The summed E-state index contributed by atoms with van der Waals surface area (Å²) >= 11 is 0. The maximum atomic E-state index is 11.7. The molecular formula is C15H25N3O. The second-order valence-corrected chi connectivity index (χ2v) is 4.80. The summed E-state index contributed by atoms with van der Waals surface area (Å²) in [5.41, 5.74) is 6.95. The molecule has 0 heterocycles. The van der Waals surface area contributed by atoms with Crippen LogP contribution in [0.2, 0.25) is 0 Å². The molecule has 0 spiro atoms. The minimum Gasteiger partial charge on any atom is -0.373 e. The van der Waals surface area contributed by atoms with Gasteiger partial charge in [-0.1, -0.05) is 38.0 Å². The summed E-state index contributed by atoms with van der Waals surface area (Å²) in [4.78, 5) is 13.8. The number of hydrogen-bond acceptors (Lipinski definition) is 3. The molecule has 0 radical (unpaired) electrons. The Morgan fingerprint density at radius 3 is 2.68 bits per heavy atom. The molecule has 19 heavy (non-hydrogen) atoms. The summed E-state index contributed by atoms with van der Waals surface area (Å²) < 4.78 is 0. The van der Waals surface area contributed by atoms with Crippen molar-refractivity contribution in [3.63, 3.8) is 0 Å². The number of likely N-dealkylation sites (N-methyl/N-ethyl adjacent to an activating group) is 1. The Hall–Kier alpha value is -1.55. The van der Waals surface area contributed by atoms with Crippen molar-refractivity contribution >= 4 is 11.6 Å². The van der Waals surface area contributed by atoms with Gasteiger partial charge in [0.15, 0.2) is 0 Å². The van der Waals surface area contributed by atoms with Crippen LogP contribution in [0, 0.1) is 0 Å². The predicted molar refractivity (Wildman–Crippen MR) is 80.2 cm³/mol. The number of nitrogens with zero attached hydrogens (tertiary/aromatic N) is 1. The van der Waals surface area contributed by atoms with Crippen molar-refractivity contribution in [3.8, 4) is 0 Å². The lowest BCUT2D eigenvalue weighted by Gasteiger charge is -2.20. The Kier molecular flexibility index (Phi) is 6.97. The molecule has 1 amide bonds. The van der Waals surface area contributed by atoms with Crippen LogP contribution in [0.3, 0.4) is 0 Å². The predicted octanol–water partition coefficient (Wildman–Crippen LogP) is 1.76. The Morgan fingerprint density at radius 2 is 2.05 bits per heavy atom. The summed E-state index contributed by atoms with van der Waals surface area (Å²) in [7, 11) is 2.01. The first kappa shape index (κ1) is 15.5. The normalized spacial score (nSPS) is 11.9. The smallest absolute Gasteiger partial charge is 0.236 e. The lowest BCUT2D eigenvalue weighted by Crippen LogP contribution is -2.43. The van der Waals surface area contributed by atoms with E-state index in [0.29, 0.717) is 6.54 Å². The van der Waals surface area contributed by atoms with Gasteiger partial charge in [-0.2, -0.15) is 0 Å². The molecule has 106 valence electrons. The second kappa shape index (κ2) is 8.53. The quantitative estimate of drug-likeness (QED) is 0.751. The highest BCUT2D eigenvalue weighted by Crippen LogP contribution is 2.09. The van der Waals surface area contributed by atoms with E-state index in [1.165, 1.54) is 0 Å². The molecule has 0 aromatic heterocycles. The molecule has 1 atom stereocenters. The Morgan fingerprint density at radius 1 is 1.37 bits per heavy atom. The second-order valence-electron chi connectivity index (χ2n) is 4.80. The third-order valence-corrected chi connectivity index (χ3v) is 3.15. The van der Waals surface area contributed by atoms with Crippen LogP contribution in [0.4, 0.5) is 5.69 Å². The van der Waals surface area contributed by atoms with Crippen molar-refractivity contribution < 1.29 is 4.79 Å². The molecule has 0 aliphatic carbocycles. The highest BCUT2D eigenvalue weighted by Gasteiger charge is 2.11. The fourth-order valence-corrected chi connectivity index (χ4v) is 1.84. The van der Waals surface area contributed by atoms with Gasteiger partial charge in [-0.15, -0.1) is 0 Å². The first-order valence-corrected chi connectivity index (χ1v) is 6.94. The standard InChI is InChI=1S/C15H25N3O/c1-3-4-10-14(16)15(19)17-11-12-18(2)13-8-6-5-7-9-13/h5-9,14H,3-4,10-12,16H2,1-2H3,(H,17,19)/t14-/m0/s1. The van der Waals surface area contributed by atoms with E-state index < -0.39 is 0 Å². The molecule has 4 heteroatoms. The SMILES string of the molecule is CCCC[C@H](N)C(=O)NCCN(C)c1ccccc1. The zero-order valence-electron chi connectivity index (χ0n) is 11.9. The molecule has 0 aliphatic heterocycles. The largest absolute Gasteiger partial charge is 0.373 e. The number of para-hydroxylation sites is 1. The lowest BCUT2D eigenvalue weighted by molar-refractivity contribution is -0.122. The van der Waals surface area contributed by atoms with Crippen LogP contribution < -0.4 is 16.0 Å². The van der Waals surface area contributed by atoms with E-state index in [1.54, 1.807) is 0 Å². The van der Waals surface area contributed by atoms with Crippen LogP contribution in [-0.2, 0) is 4.79 Å². The van der Waals surface area contributed by atoms with Crippen molar-refractivity contribution in [3.05, 3.63) is 30.3 Å². The average Bonchev–Trinajstić information content (AvgIpc) is 2.45. The molecule has 0 unspecified atom stereocenters. The number of nitrogens with one attached hydrogen (secondary N) is 1. The topological polar surface area (TPSA) is 58.4 Å². The molecule has 0 saturated carbocycles. The monoisotopic (exact) mass is 263 g/mol. The Labute approximate surface area is 116 Å². The van der Waals surface area contributed by atoms with Gasteiger partial charge in [0.1, 0.15) is 0 Å². The number of amides is 1. The van der Waals surface area contributed by atoms with Gasteiger partial charge in [-0.3, -0.25) is 4.79 Å². The average molecular weight is 263 g/mol. The Bertz CT molecular complexity index is 367. The number of rotatable bonds is 8. The van der Waals surface area contributed by atoms with E-state index in [2.05, 4.69) is 29.3 Å². The van der Waals surface area contributed by atoms with E-state index in [1.807, 2.05) is 25.2 Å². The highest BCUT2D eigenvalue weighted by molar-refractivity contribution is 5.81. The number of benzene rings is 1. The van der Waals surface area contributed by atoms with Crippen LogP contribution in [0.15, 0.2) is 30.3 Å². The molecule has 0 bridgehead atoms. The van der Waals surface area contributed by atoms with Gasteiger partial charge in [0.05, 0.1) is 6.04 Å². The van der Waals surface area contributed by atoms with Crippen molar-refractivity contribution in [2.24, 2.45) is 5.73 Å². The summed E-state index contributed by atoms with van der Waals surface area (Å²) in [6.07, 6.45) is 2.83. The van der Waals surface area contributed by atoms with Crippen LogP contribution in [-0.4, -0.2) is 32.1 Å². The molecule has 0 aliphatic rings. The molecule has 3 N–H and O–H groups in total. The van der Waals surface area contributed by atoms with Gasteiger partial charge in [0.25, 0.3) is 0 Å². The van der Waals surface area contributed by atoms with Crippen LogP contribution >= 0.6 is 0 Å². The van der Waals surface area contributed by atoms with Gasteiger partial charge in [0.2, 0.25) is 5.91 Å². The number of carbonyl (C=O) groups excluding carboxylic acids is 1. The summed E-state index contributed by atoms with van der Waals surface area (Å²) in [5.74, 6) is -0.0464. The molecule has 1 aromatic carbocycles. The summed E-state index contributed by atoms with van der Waals surface area (Å²) in [5, 5.41) is 2.89. The van der Waals surface area contributed by atoms with Gasteiger partial charge >= 0.3 is 0 Å². The minimum absolute atomic E-state index is 0.0464. The summed E-state index contributed by atoms with van der Waals surface area (Å²) in [6, 6.07) is 9.73. The van der Waals surface area contributed by atoms with Crippen molar-refractivity contribution in [1.82, 2.24) is 5.32 Å². The molecule has 0 fully saturated rings. The van der Waals surface area contributed by atoms with Crippen LogP contribution in [0.25, 0.3) is 0 Å². The fraction of sp³-hybridized carbons (Fsp3) is 0.533. The highest BCUT2D eigenvalue weighted by atomic mass is 16.2. The zero-order chi connectivity index (χ0) is 14.1. The van der Waals surface area contributed by atoms with Gasteiger partial charge < -0.3 is 16.0 Å². The molecule has 4 nitrogen and oxygen atoms in total. The first-order chi connectivity index (χ1) is 9.15. The molecule has 0 saturated heterocycles. The van der Waals surface area contributed by atoms with Crippen molar-refractivity contribution in [1.29, 1.82) is 0 Å². The number of unbranched alkanes of at least 4 members (excludes halogenated alkanes) is 1. The Balaban J connectivity index is 2.24. The number of carbonyl (C=O) groups is 1. The maximum absolute atomic E-state index is 11.7. The minimum atomic E-state index is -0.373. The molecule has 1 rings (SSSR count). The van der Waals surface area contributed by atoms with E-state index in [9.17, 15) is 4.79 Å². The van der Waals surface area contributed by atoms with Crippen LogP contribution in [0.5, 0.6) is 0 Å². The van der Waals surface area contributed by atoms with Gasteiger partial charge in [0, 0.05) is 25.8 Å². The number of nitrogens with two attached hydrogens (primary N) is 1. The van der Waals surface area contributed by atoms with Crippen LogP contribution in [0.1, 0.15) is 26.2 Å². The van der Waals surface area contributed by atoms with Gasteiger partial charge in [-0.25, -0.2) is 0 Å². The first-order valence-electron chi connectivity index (χ1n) is 6.94. The van der Waals surface area contributed by atoms with Crippen molar-refractivity contribution in [2.75, 3.05) is 25.0 Å². The third kappa shape index (κ3) is 5.75. The van der Waals surface area contributed by atoms with E-state index in [-0.39, 0.29) is 11.9 Å². The maximum Gasteiger partial charge on any atom is 0.236 e. The molecular weight excluding hydrogens is 238 g/mol. The number of anilines is 1. The zero-order valence-corrected chi connectivity index (χ0v) is 11.9. The van der Waals surface area contributed by atoms with E-state index in [4.69, 9.17) is 5.73 Å². The molecule has 1 aromatic rings. The van der Waals surface area contributed by atoms with Gasteiger partial charge in [-0.05, 0) is 18.6 Å². The summed E-state index contributed by atoms with van der Waals surface area (Å²) in [6.45, 7) is 3.49.